The van der Waals surface area contributed by atoms with Crippen molar-refractivity contribution in [3.8, 4) is 11.4 Å². The molecule has 0 aromatic carbocycles. The number of rotatable bonds is 4. The van der Waals surface area contributed by atoms with Crippen molar-refractivity contribution in [2.45, 2.75) is 19.3 Å². The second kappa shape index (κ2) is 4.44. The monoisotopic (exact) mass is 221 g/mol. The molecule has 2 heterocycles. The van der Waals surface area contributed by atoms with Crippen molar-refractivity contribution in [3.05, 3.63) is 18.3 Å². The van der Waals surface area contributed by atoms with Gasteiger partial charge in [0.1, 0.15) is 0 Å². The largest absolute Gasteiger partial charge is 0.339 e. The van der Waals surface area contributed by atoms with Crippen molar-refractivity contribution < 1.29 is 4.52 Å². The average molecular weight is 221 g/mol. The molecule has 2 rings (SSSR count). The van der Waals surface area contributed by atoms with Crippen molar-refractivity contribution >= 4 is 0 Å². The Morgan fingerprint density at radius 1 is 1.56 bits per heavy atom. The van der Waals surface area contributed by atoms with Crippen LogP contribution < -0.4 is 5.73 Å². The molecule has 86 valence electrons. The number of nitrogens with two attached hydrogens (primary N) is 1. The molecule has 0 aliphatic heterocycles. The topological polar surface area (TPSA) is 82.8 Å². The average Bonchev–Trinajstić information content (AvgIpc) is 2.89. The van der Waals surface area contributed by atoms with Gasteiger partial charge in [-0.1, -0.05) is 12.1 Å². The van der Waals surface area contributed by atoms with E-state index in [1.165, 1.54) is 0 Å². The zero-order valence-corrected chi connectivity index (χ0v) is 9.42. The summed E-state index contributed by atoms with van der Waals surface area (Å²) in [4.78, 5) is 4.32. The highest BCUT2D eigenvalue weighted by Gasteiger charge is 2.16. The molecule has 2 aromatic heterocycles. The lowest BCUT2D eigenvalue weighted by molar-refractivity contribution is 0.351. The predicted molar refractivity (Wildman–Crippen MR) is 58.6 cm³/mol. The molecule has 0 fully saturated rings. The lowest BCUT2D eigenvalue weighted by atomic mass is 10.1. The maximum absolute atomic E-state index is 5.62. The van der Waals surface area contributed by atoms with Crippen molar-refractivity contribution in [2.75, 3.05) is 6.54 Å². The molecule has 16 heavy (non-hydrogen) atoms. The normalized spacial score (nSPS) is 12.9. The van der Waals surface area contributed by atoms with Crippen LogP contribution in [0.5, 0.6) is 0 Å². The summed E-state index contributed by atoms with van der Waals surface area (Å²) in [6, 6.07) is 0. The number of nitrogens with zero attached hydrogens (tertiary/aromatic N) is 4. The Morgan fingerprint density at radius 2 is 2.38 bits per heavy atom. The molecule has 1 atom stereocenters. The van der Waals surface area contributed by atoms with Crippen molar-refractivity contribution in [2.24, 2.45) is 12.8 Å². The van der Waals surface area contributed by atoms with Crippen LogP contribution in [-0.2, 0) is 7.05 Å². The van der Waals surface area contributed by atoms with Crippen LogP contribution in [0, 0.1) is 0 Å². The summed E-state index contributed by atoms with van der Waals surface area (Å²) in [5.41, 5.74) is 6.47. The summed E-state index contributed by atoms with van der Waals surface area (Å²) in [5, 5.41) is 7.98. The Labute approximate surface area is 93.4 Å². The van der Waals surface area contributed by atoms with Gasteiger partial charge in [0.15, 0.2) is 0 Å². The van der Waals surface area contributed by atoms with E-state index in [4.69, 9.17) is 10.3 Å². The molecule has 0 amide bonds. The van der Waals surface area contributed by atoms with Gasteiger partial charge in [-0.15, -0.1) is 0 Å². The molecule has 0 aliphatic carbocycles. The van der Waals surface area contributed by atoms with Crippen LogP contribution in [0.2, 0.25) is 0 Å². The van der Waals surface area contributed by atoms with E-state index in [0.717, 1.165) is 12.0 Å². The van der Waals surface area contributed by atoms with Crippen LogP contribution >= 0.6 is 0 Å². The zero-order chi connectivity index (χ0) is 11.5. The van der Waals surface area contributed by atoms with Crippen LogP contribution in [0.3, 0.4) is 0 Å². The van der Waals surface area contributed by atoms with E-state index in [0.29, 0.717) is 18.3 Å². The predicted octanol–water partition coefficient (Wildman–Crippen LogP) is 0.922. The summed E-state index contributed by atoms with van der Waals surface area (Å²) < 4.78 is 6.89. The lowest BCUT2D eigenvalue weighted by Gasteiger charge is -2.03. The second-order valence-electron chi connectivity index (χ2n) is 3.70. The van der Waals surface area contributed by atoms with Crippen LogP contribution in [0.25, 0.3) is 11.4 Å². The molecule has 2 aromatic rings. The molecule has 0 saturated carbocycles. The molecule has 0 spiro atoms. The van der Waals surface area contributed by atoms with E-state index in [9.17, 15) is 0 Å². The Hall–Kier alpha value is -1.69. The minimum atomic E-state index is 0.137. The molecule has 0 aliphatic rings. The van der Waals surface area contributed by atoms with E-state index < -0.39 is 0 Å². The second-order valence-corrected chi connectivity index (χ2v) is 3.70. The summed E-state index contributed by atoms with van der Waals surface area (Å²) >= 11 is 0. The summed E-state index contributed by atoms with van der Waals surface area (Å²) in [6.45, 7) is 2.57. The van der Waals surface area contributed by atoms with E-state index >= 15 is 0 Å². The first kappa shape index (κ1) is 10.8. The molecule has 1 unspecified atom stereocenters. The fourth-order valence-corrected chi connectivity index (χ4v) is 1.50. The van der Waals surface area contributed by atoms with Crippen LogP contribution in [0.4, 0.5) is 0 Å². The highest BCUT2D eigenvalue weighted by molar-refractivity contribution is 5.51. The first-order valence-corrected chi connectivity index (χ1v) is 5.27. The van der Waals surface area contributed by atoms with Gasteiger partial charge in [0.25, 0.3) is 0 Å². The Kier molecular flexibility index (Phi) is 3.00. The van der Waals surface area contributed by atoms with Gasteiger partial charge in [-0.05, 0) is 6.42 Å². The highest BCUT2D eigenvalue weighted by atomic mass is 16.5. The highest BCUT2D eigenvalue weighted by Crippen LogP contribution is 2.20. The Morgan fingerprint density at radius 3 is 2.94 bits per heavy atom. The minimum absolute atomic E-state index is 0.137. The van der Waals surface area contributed by atoms with Gasteiger partial charge in [0.05, 0.1) is 17.7 Å². The van der Waals surface area contributed by atoms with Crippen LogP contribution in [-0.4, -0.2) is 26.5 Å². The summed E-state index contributed by atoms with van der Waals surface area (Å²) in [7, 11) is 1.85. The van der Waals surface area contributed by atoms with Gasteiger partial charge in [-0.25, -0.2) is 0 Å². The lowest BCUT2D eigenvalue weighted by Crippen LogP contribution is -2.11. The van der Waals surface area contributed by atoms with Crippen LogP contribution in [0.15, 0.2) is 16.9 Å². The maximum Gasteiger partial charge on any atom is 0.231 e. The first-order chi connectivity index (χ1) is 7.74. The molecule has 0 radical (unpaired) electrons. The maximum atomic E-state index is 5.62. The Balaban J connectivity index is 2.25. The van der Waals surface area contributed by atoms with Crippen molar-refractivity contribution in [1.82, 2.24) is 19.9 Å². The third kappa shape index (κ3) is 1.96. The smallest absolute Gasteiger partial charge is 0.231 e. The SMILES string of the molecule is CCC(CN)c1nc(-c2cnn(C)c2)no1. The van der Waals surface area contributed by atoms with Crippen molar-refractivity contribution in [1.29, 1.82) is 0 Å². The van der Waals surface area contributed by atoms with E-state index in [-0.39, 0.29) is 5.92 Å². The quantitative estimate of drug-likeness (QED) is 0.830. The van der Waals surface area contributed by atoms with E-state index in [2.05, 4.69) is 15.2 Å². The fourth-order valence-electron chi connectivity index (χ4n) is 1.50. The van der Waals surface area contributed by atoms with Gasteiger partial charge in [-0.3, -0.25) is 4.68 Å². The third-order valence-corrected chi connectivity index (χ3v) is 2.53. The number of hydrogen-bond acceptors (Lipinski definition) is 5. The standard InChI is InChI=1S/C10H15N5O/c1-3-7(4-11)10-13-9(14-16-10)8-5-12-15(2)6-8/h5-7H,3-4,11H2,1-2H3. The number of aromatic nitrogens is 4. The van der Waals surface area contributed by atoms with Gasteiger partial charge >= 0.3 is 0 Å². The summed E-state index contributed by atoms with van der Waals surface area (Å²) in [6.07, 6.45) is 4.45. The summed E-state index contributed by atoms with van der Waals surface area (Å²) in [5.74, 6) is 1.30. The van der Waals surface area contributed by atoms with Gasteiger partial charge in [0.2, 0.25) is 11.7 Å². The molecule has 6 heteroatoms. The third-order valence-electron chi connectivity index (χ3n) is 2.53. The number of aryl methyl sites for hydroxylation is 1. The zero-order valence-electron chi connectivity index (χ0n) is 9.42. The van der Waals surface area contributed by atoms with Crippen LogP contribution in [0.1, 0.15) is 25.2 Å². The molecule has 2 N–H and O–H groups in total. The van der Waals surface area contributed by atoms with E-state index in [1.54, 1.807) is 10.9 Å². The molecule has 0 bridgehead atoms. The minimum Gasteiger partial charge on any atom is -0.339 e. The van der Waals surface area contributed by atoms with Gasteiger partial charge < -0.3 is 10.3 Å². The molecule has 0 saturated heterocycles. The Bertz CT molecular complexity index is 457. The number of hydrogen-bond donors (Lipinski definition) is 1. The molecule has 6 nitrogen and oxygen atoms in total. The van der Waals surface area contributed by atoms with Gasteiger partial charge in [0, 0.05) is 19.8 Å². The van der Waals surface area contributed by atoms with Gasteiger partial charge in [-0.2, -0.15) is 10.1 Å². The van der Waals surface area contributed by atoms with E-state index in [1.807, 2.05) is 20.2 Å². The fraction of sp³-hybridized carbons (Fsp3) is 0.500. The molecular weight excluding hydrogens is 206 g/mol. The molecular formula is C10H15N5O. The van der Waals surface area contributed by atoms with Crippen molar-refractivity contribution in [3.63, 3.8) is 0 Å². The first-order valence-electron chi connectivity index (χ1n) is 5.27.